The highest BCUT2D eigenvalue weighted by atomic mass is 19.1. The van der Waals surface area contributed by atoms with E-state index in [1.54, 1.807) is 30.3 Å². The molecular weight excluding hydrogens is 419 g/mol. The molecule has 0 saturated heterocycles. The number of aliphatic hydroxyl groups excluding tert-OH is 1. The highest BCUT2D eigenvalue weighted by Crippen LogP contribution is 2.21. The molecule has 0 bridgehead atoms. The third kappa shape index (κ3) is 5.25. The van der Waals surface area contributed by atoms with Gasteiger partial charge < -0.3 is 16.2 Å². The van der Waals surface area contributed by atoms with Crippen molar-refractivity contribution < 1.29 is 19.1 Å². The number of anilines is 2. The number of nitrogens with one attached hydrogen (secondary N) is 1. The number of ketones is 1. The summed E-state index contributed by atoms with van der Waals surface area (Å²) in [5.41, 5.74) is 9.09. The molecule has 0 aliphatic heterocycles. The molecule has 0 aliphatic carbocycles. The second-order valence-electron chi connectivity index (χ2n) is 7.86. The minimum Gasteiger partial charge on any atom is -0.397 e. The van der Waals surface area contributed by atoms with Crippen molar-refractivity contribution in [3.8, 4) is 0 Å². The summed E-state index contributed by atoms with van der Waals surface area (Å²) >= 11 is 0. The molecule has 4 rings (SSSR count). The summed E-state index contributed by atoms with van der Waals surface area (Å²) in [6.07, 6.45) is 0.880. The Morgan fingerprint density at radius 1 is 0.818 bits per heavy atom. The van der Waals surface area contributed by atoms with Gasteiger partial charge in [0, 0.05) is 17.5 Å². The van der Waals surface area contributed by atoms with Crippen molar-refractivity contribution in [3.05, 3.63) is 107 Å². The average Bonchev–Trinajstić information content (AvgIpc) is 2.84. The lowest BCUT2D eigenvalue weighted by Gasteiger charge is -2.09. The fourth-order valence-electron chi connectivity index (χ4n) is 3.62. The van der Waals surface area contributed by atoms with Crippen LogP contribution in [0.25, 0.3) is 10.8 Å². The normalized spacial score (nSPS) is 10.8. The Balaban J connectivity index is 1.38. The molecular formula is C27H23FN2O3. The standard InChI is InChI=1S/C27H23FN2O3/c28-23-10-11-24(29)25(15-23)30-27(33)19-5-1-17(2-6-19)4-12-26(32)22-9-8-20-13-18(16-31)3-7-21(20)14-22/h1-3,5-11,13-15,31H,4,12,16,29H2,(H,30,33). The summed E-state index contributed by atoms with van der Waals surface area (Å²) in [7, 11) is 0. The van der Waals surface area contributed by atoms with Gasteiger partial charge in [0.2, 0.25) is 0 Å². The highest BCUT2D eigenvalue weighted by Gasteiger charge is 2.11. The summed E-state index contributed by atoms with van der Waals surface area (Å²) < 4.78 is 13.4. The van der Waals surface area contributed by atoms with E-state index in [2.05, 4.69) is 5.32 Å². The number of benzene rings is 4. The van der Waals surface area contributed by atoms with Gasteiger partial charge in [0.1, 0.15) is 5.82 Å². The maximum absolute atomic E-state index is 13.4. The molecule has 0 fully saturated rings. The van der Waals surface area contributed by atoms with Gasteiger partial charge in [0.05, 0.1) is 18.0 Å². The Bertz CT molecular complexity index is 1330. The van der Waals surface area contributed by atoms with E-state index < -0.39 is 11.7 Å². The van der Waals surface area contributed by atoms with E-state index in [4.69, 9.17) is 5.73 Å². The number of rotatable bonds is 7. The van der Waals surface area contributed by atoms with Crippen molar-refractivity contribution in [1.29, 1.82) is 0 Å². The Labute approximate surface area is 190 Å². The monoisotopic (exact) mass is 442 g/mol. The molecule has 0 aliphatic rings. The van der Waals surface area contributed by atoms with Gasteiger partial charge in [-0.2, -0.15) is 0 Å². The quantitative estimate of drug-likeness (QED) is 0.274. The van der Waals surface area contributed by atoms with Gasteiger partial charge in [-0.15, -0.1) is 0 Å². The van der Waals surface area contributed by atoms with Crippen molar-refractivity contribution in [1.82, 2.24) is 0 Å². The molecule has 6 heteroatoms. The molecule has 0 unspecified atom stereocenters. The zero-order chi connectivity index (χ0) is 23.4. The minimum absolute atomic E-state index is 0.0179. The Hall–Kier alpha value is -4.03. The molecule has 4 N–H and O–H groups in total. The van der Waals surface area contributed by atoms with Crippen molar-refractivity contribution >= 4 is 33.8 Å². The van der Waals surface area contributed by atoms with E-state index >= 15 is 0 Å². The lowest BCUT2D eigenvalue weighted by Crippen LogP contribution is -2.13. The molecule has 5 nitrogen and oxygen atoms in total. The van der Waals surface area contributed by atoms with Gasteiger partial charge in [-0.3, -0.25) is 9.59 Å². The first-order chi connectivity index (χ1) is 15.9. The molecule has 0 spiro atoms. The topological polar surface area (TPSA) is 92.4 Å². The molecule has 0 saturated carbocycles. The maximum Gasteiger partial charge on any atom is 0.255 e. The van der Waals surface area contributed by atoms with E-state index in [-0.39, 0.29) is 23.8 Å². The van der Waals surface area contributed by atoms with E-state index in [1.807, 2.05) is 30.3 Å². The number of aliphatic hydroxyl groups is 1. The van der Waals surface area contributed by atoms with Gasteiger partial charge in [-0.25, -0.2) is 4.39 Å². The number of nitrogen functional groups attached to an aromatic ring is 1. The highest BCUT2D eigenvalue weighted by molar-refractivity contribution is 6.05. The van der Waals surface area contributed by atoms with Crippen LogP contribution in [0.5, 0.6) is 0 Å². The number of Topliss-reactive ketones (excluding diaryl/α,β-unsaturated/α-hetero) is 1. The van der Waals surface area contributed by atoms with Crippen LogP contribution in [0.1, 0.15) is 38.3 Å². The molecule has 1 amide bonds. The number of halogens is 1. The van der Waals surface area contributed by atoms with Crippen LogP contribution in [0.4, 0.5) is 15.8 Å². The lowest BCUT2D eigenvalue weighted by molar-refractivity contribution is 0.0981. The predicted octanol–water partition coefficient (Wildman–Crippen LogP) is 5.12. The van der Waals surface area contributed by atoms with Gasteiger partial charge >= 0.3 is 0 Å². The fourth-order valence-corrected chi connectivity index (χ4v) is 3.62. The van der Waals surface area contributed by atoms with Gasteiger partial charge in [-0.05, 0) is 70.8 Å². The third-order valence-electron chi connectivity index (χ3n) is 5.53. The number of fused-ring (bicyclic) bond motifs is 1. The zero-order valence-electron chi connectivity index (χ0n) is 17.8. The number of carbonyl (C=O) groups is 2. The summed E-state index contributed by atoms with van der Waals surface area (Å²) in [6, 6.07) is 21.9. The Morgan fingerprint density at radius 2 is 1.48 bits per heavy atom. The van der Waals surface area contributed by atoms with Crippen molar-refractivity contribution in [3.63, 3.8) is 0 Å². The molecule has 0 heterocycles. The van der Waals surface area contributed by atoms with Crippen LogP contribution in [0.3, 0.4) is 0 Å². The van der Waals surface area contributed by atoms with Gasteiger partial charge in [0.25, 0.3) is 5.91 Å². The minimum atomic E-state index is -0.485. The van der Waals surface area contributed by atoms with E-state index in [0.29, 0.717) is 24.0 Å². The number of nitrogens with two attached hydrogens (primary N) is 1. The van der Waals surface area contributed by atoms with Crippen LogP contribution in [-0.2, 0) is 13.0 Å². The lowest BCUT2D eigenvalue weighted by atomic mass is 9.98. The SMILES string of the molecule is Nc1ccc(F)cc1NC(=O)c1ccc(CCC(=O)c2ccc3cc(CO)ccc3c2)cc1. The molecule has 0 atom stereocenters. The molecule has 0 aromatic heterocycles. The van der Waals surface area contributed by atoms with Crippen LogP contribution in [-0.4, -0.2) is 16.8 Å². The summed E-state index contributed by atoms with van der Waals surface area (Å²) in [5.74, 6) is -0.845. The zero-order valence-corrected chi connectivity index (χ0v) is 17.8. The summed E-state index contributed by atoms with van der Waals surface area (Å²) in [4.78, 5) is 25.1. The fraction of sp³-hybridized carbons (Fsp3) is 0.111. The van der Waals surface area contributed by atoms with Crippen LogP contribution in [0.15, 0.2) is 78.9 Å². The number of amides is 1. The van der Waals surface area contributed by atoms with Gasteiger partial charge in [0.15, 0.2) is 5.78 Å². The first-order valence-corrected chi connectivity index (χ1v) is 10.5. The molecule has 33 heavy (non-hydrogen) atoms. The van der Waals surface area contributed by atoms with Crippen LogP contribution >= 0.6 is 0 Å². The first-order valence-electron chi connectivity index (χ1n) is 10.5. The second-order valence-corrected chi connectivity index (χ2v) is 7.86. The summed E-state index contributed by atoms with van der Waals surface area (Å²) in [6.45, 7) is -0.0179. The van der Waals surface area contributed by atoms with E-state index in [9.17, 15) is 19.1 Å². The molecule has 4 aromatic carbocycles. The van der Waals surface area contributed by atoms with E-state index in [1.165, 1.54) is 18.2 Å². The molecule has 0 radical (unpaired) electrons. The number of aryl methyl sites for hydroxylation is 1. The average molecular weight is 442 g/mol. The van der Waals surface area contributed by atoms with Crippen LogP contribution in [0.2, 0.25) is 0 Å². The molecule has 4 aromatic rings. The largest absolute Gasteiger partial charge is 0.397 e. The molecule has 166 valence electrons. The van der Waals surface area contributed by atoms with Gasteiger partial charge in [-0.1, -0.05) is 36.4 Å². The smallest absolute Gasteiger partial charge is 0.255 e. The number of hydrogen-bond donors (Lipinski definition) is 3. The van der Waals surface area contributed by atoms with E-state index in [0.717, 1.165) is 21.9 Å². The second kappa shape index (κ2) is 9.63. The van der Waals surface area contributed by atoms with Crippen molar-refractivity contribution in [2.75, 3.05) is 11.1 Å². The first kappa shape index (κ1) is 22.2. The van der Waals surface area contributed by atoms with Crippen molar-refractivity contribution in [2.45, 2.75) is 19.4 Å². The summed E-state index contributed by atoms with van der Waals surface area (Å²) in [5, 5.41) is 13.8. The van der Waals surface area contributed by atoms with Crippen LogP contribution in [0, 0.1) is 5.82 Å². The third-order valence-corrected chi connectivity index (χ3v) is 5.53. The van der Waals surface area contributed by atoms with Crippen LogP contribution < -0.4 is 11.1 Å². The number of carbonyl (C=O) groups excluding carboxylic acids is 2. The number of hydrogen-bond acceptors (Lipinski definition) is 4. The van der Waals surface area contributed by atoms with Crippen molar-refractivity contribution in [2.24, 2.45) is 0 Å². The Kier molecular flexibility index (Phi) is 6.47. The Morgan fingerprint density at radius 3 is 2.24 bits per heavy atom. The maximum atomic E-state index is 13.4. The predicted molar refractivity (Wildman–Crippen MR) is 128 cm³/mol.